The molecule has 1 aliphatic heterocycles. The molecule has 2 rings (SSSR count). The molecule has 2 atom stereocenters. The summed E-state index contributed by atoms with van der Waals surface area (Å²) in [7, 11) is 1.79. The molecule has 20 heavy (non-hydrogen) atoms. The normalized spacial score (nSPS) is 21.9. The number of hydrogen-bond acceptors (Lipinski definition) is 3. The van der Waals surface area contributed by atoms with Gasteiger partial charge < -0.3 is 15.3 Å². The summed E-state index contributed by atoms with van der Waals surface area (Å²) in [6, 6.07) is 3.68. The molecule has 0 aliphatic carbocycles. The third-order valence-corrected chi connectivity index (χ3v) is 4.88. The van der Waals surface area contributed by atoms with Gasteiger partial charge in [-0.1, -0.05) is 18.5 Å². The Kier molecular flexibility index (Phi) is 5.69. The van der Waals surface area contributed by atoms with Gasteiger partial charge in [-0.25, -0.2) is 0 Å². The average molecular weight is 316 g/mol. The third-order valence-electron chi connectivity index (χ3n) is 3.54. The Balaban J connectivity index is 1.87. The molecule has 1 aromatic rings. The van der Waals surface area contributed by atoms with E-state index in [2.05, 4.69) is 22.1 Å². The van der Waals surface area contributed by atoms with Gasteiger partial charge in [0.2, 0.25) is 0 Å². The zero-order valence-electron chi connectivity index (χ0n) is 12.0. The zero-order valence-corrected chi connectivity index (χ0v) is 13.5. The molecule has 2 N–H and O–H groups in total. The van der Waals surface area contributed by atoms with Gasteiger partial charge in [0, 0.05) is 31.6 Å². The Morgan fingerprint density at radius 2 is 2.45 bits per heavy atom. The number of thiophene rings is 1. The highest BCUT2D eigenvalue weighted by atomic mass is 35.5. The van der Waals surface area contributed by atoms with E-state index >= 15 is 0 Å². The van der Waals surface area contributed by atoms with Gasteiger partial charge in [-0.2, -0.15) is 0 Å². The van der Waals surface area contributed by atoms with Gasteiger partial charge in [-0.3, -0.25) is 4.99 Å². The van der Waals surface area contributed by atoms with Crippen LogP contribution in [-0.4, -0.2) is 42.6 Å². The first-order valence-corrected chi connectivity index (χ1v) is 8.18. The van der Waals surface area contributed by atoms with E-state index in [-0.39, 0.29) is 0 Å². The Labute approximate surface area is 129 Å². The standard InChI is InChI=1S/C14H22ClN3OS/c1-10-4-3-7-18(9-10)14(16-2)17-8-11(19)12-5-6-13(15)20-12/h5-6,10-11,19H,3-4,7-9H2,1-2H3,(H,16,17). The van der Waals surface area contributed by atoms with E-state index < -0.39 is 6.10 Å². The molecule has 1 saturated heterocycles. The van der Waals surface area contributed by atoms with E-state index in [1.807, 2.05) is 12.1 Å². The number of guanidine groups is 1. The fourth-order valence-corrected chi connectivity index (χ4v) is 3.56. The first-order valence-electron chi connectivity index (χ1n) is 6.99. The van der Waals surface area contributed by atoms with Crippen molar-refractivity contribution in [2.24, 2.45) is 10.9 Å². The quantitative estimate of drug-likeness (QED) is 0.666. The number of aliphatic hydroxyl groups excluding tert-OH is 1. The van der Waals surface area contributed by atoms with Crippen molar-refractivity contribution in [1.82, 2.24) is 10.2 Å². The van der Waals surface area contributed by atoms with Crippen molar-refractivity contribution in [2.75, 3.05) is 26.7 Å². The van der Waals surface area contributed by atoms with Crippen molar-refractivity contribution in [2.45, 2.75) is 25.9 Å². The van der Waals surface area contributed by atoms with Crippen LogP contribution in [0.15, 0.2) is 17.1 Å². The second kappa shape index (κ2) is 7.29. The minimum atomic E-state index is -0.550. The smallest absolute Gasteiger partial charge is 0.193 e. The highest BCUT2D eigenvalue weighted by Gasteiger charge is 2.20. The predicted octanol–water partition coefficient (Wildman–Crippen LogP) is 2.74. The lowest BCUT2D eigenvalue weighted by molar-refractivity contribution is 0.181. The molecule has 1 aliphatic rings. The van der Waals surface area contributed by atoms with Crippen molar-refractivity contribution in [3.8, 4) is 0 Å². The second-order valence-electron chi connectivity index (χ2n) is 5.28. The van der Waals surface area contributed by atoms with E-state index in [9.17, 15) is 5.11 Å². The van der Waals surface area contributed by atoms with Gasteiger partial charge in [0.1, 0.15) is 6.10 Å². The molecule has 112 valence electrons. The van der Waals surface area contributed by atoms with Gasteiger partial charge in [0.05, 0.1) is 4.34 Å². The maximum Gasteiger partial charge on any atom is 0.193 e. The van der Waals surface area contributed by atoms with Crippen LogP contribution >= 0.6 is 22.9 Å². The summed E-state index contributed by atoms with van der Waals surface area (Å²) >= 11 is 7.30. The van der Waals surface area contributed by atoms with E-state index in [4.69, 9.17) is 11.6 Å². The van der Waals surface area contributed by atoms with Crippen LogP contribution in [0.4, 0.5) is 0 Å². The Hall–Kier alpha value is -0.780. The molecule has 6 heteroatoms. The summed E-state index contributed by atoms with van der Waals surface area (Å²) in [4.78, 5) is 7.46. The van der Waals surface area contributed by atoms with Gasteiger partial charge >= 0.3 is 0 Å². The number of aliphatic imine (C=N–C) groups is 1. The van der Waals surface area contributed by atoms with Crippen molar-refractivity contribution in [1.29, 1.82) is 0 Å². The van der Waals surface area contributed by atoms with Gasteiger partial charge in [-0.05, 0) is 30.9 Å². The fourth-order valence-electron chi connectivity index (χ4n) is 2.51. The highest BCUT2D eigenvalue weighted by molar-refractivity contribution is 7.16. The van der Waals surface area contributed by atoms with E-state index in [0.717, 1.165) is 23.9 Å². The van der Waals surface area contributed by atoms with Crippen LogP contribution in [0.1, 0.15) is 30.7 Å². The van der Waals surface area contributed by atoms with Crippen LogP contribution in [0.2, 0.25) is 4.34 Å². The summed E-state index contributed by atoms with van der Waals surface area (Å²) in [6.45, 7) is 4.78. The third kappa shape index (κ3) is 4.11. The van der Waals surface area contributed by atoms with E-state index in [0.29, 0.717) is 16.8 Å². The molecule has 2 heterocycles. The number of halogens is 1. The molecule has 0 bridgehead atoms. The molecule has 2 unspecified atom stereocenters. The van der Waals surface area contributed by atoms with Crippen LogP contribution in [0.3, 0.4) is 0 Å². The predicted molar refractivity (Wildman–Crippen MR) is 85.6 cm³/mol. The number of nitrogens with one attached hydrogen (secondary N) is 1. The van der Waals surface area contributed by atoms with Crippen molar-refractivity contribution >= 4 is 28.9 Å². The number of aliphatic hydroxyl groups is 1. The Morgan fingerprint density at radius 3 is 3.05 bits per heavy atom. The van der Waals surface area contributed by atoms with Crippen molar-refractivity contribution < 1.29 is 5.11 Å². The zero-order chi connectivity index (χ0) is 14.5. The van der Waals surface area contributed by atoms with Gasteiger partial charge in [0.15, 0.2) is 5.96 Å². The minimum absolute atomic E-state index is 0.453. The largest absolute Gasteiger partial charge is 0.386 e. The lowest BCUT2D eigenvalue weighted by Gasteiger charge is -2.33. The van der Waals surface area contributed by atoms with E-state index in [1.165, 1.54) is 24.2 Å². The Morgan fingerprint density at radius 1 is 1.65 bits per heavy atom. The number of nitrogens with zero attached hydrogens (tertiary/aromatic N) is 2. The first-order chi connectivity index (χ1) is 9.60. The molecule has 0 amide bonds. The molecule has 1 aromatic heterocycles. The Bertz CT molecular complexity index is 463. The van der Waals surface area contributed by atoms with Crippen LogP contribution < -0.4 is 5.32 Å². The molecular formula is C14H22ClN3OS. The highest BCUT2D eigenvalue weighted by Crippen LogP contribution is 2.26. The van der Waals surface area contributed by atoms with Crippen LogP contribution in [0.5, 0.6) is 0 Å². The molecule has 1 fully saturated rings. The summed E-state index contributed by atoms with van der Waals surface area (Å²) in [6.07, 6.45) is 1.93. The first kappa shape index (κ1) is 15.6. The van der Waals surface area contributed by atoms with Crippen LogP contribution in [0.25, 0.3) is 0 Å². The number of likely N-dealkylation sites (tertiary alicyclic amines) is 1. The maximum absolute atomic E-state index is 10.1. The summed E-state index contributed by atoms with van der Waals surface area (Å²) in [5.41, 5.74) is 0. The number of rotatable bonds is 3. The molecule has 4 nitrogen and oxygen atoms in total. The summed E-state index contributed by atoms with van der Waals surface area (Å²) in [5.74, 6) is 1.57. The average Bonchev–Trinajstić information content (AvgIpc) is 2.86. The SMILES string of the molecule is CN=C(NCC(O)c1ccc(Cl)s1)N1CCCC(C)C1. The van der Waals surface area contributed by atoms with Crippen molar-refractivity contribution in [3.63, 3.8) is 0 Å². The molecular weight excluding hydrogens is 294 g/mol. The van der Waals surface area contributed by atoms with Crippen LogP contribution in [-0.2, 0) is 0 Å². The second-order valence-corrected chi connectivity index (χ2v) is 7.03. The molecule has 0 radical (unpaired) electrons. The van der Waals surface area contributed by atoms with E-state index in [1.54, 1.807) is 7.05 Å². The van der Waals surface area contributed by atoms with Gasteiger partial charge in [-0.15, -0.1) is 11.3 Å². The number of piperidine rings is 1. The minimum Gasteiger partial charge on any atom is -0.386 e. The van der Waals surface area contributed by atoms with Gasteiger partial charge in [0.25, 0.3) is 0 Å². The van der Waals surface area contributed by atoms with Crippen LogP contribution in [0, 0.1) is 5.92 Å². The maximum atomic E-state index is 10.1. The number of hydrogen-bond donors (Lipinski definition) is 2. The summed E-state index contributed by atoms with van der Waals surface area (Å²) < 4.78 is 0.702. The lowest BCUT2D eigenvalue weighted by atomic mass is 10.0. The monoisotopic (exact) mass is 315 g/mol. The topological polar surface area (TPSA) is 47.9 Å². The molecule has 0 aromatic carbocycles. The molecule has 0 spiro atoms. The summed E-state index contributed by atoms with van der Waals surface area (Å²) in [5, 5.41) is 13.4. The lowest BCUT2D eigenvalue weighted by Crippen LogP contribution is -2.47. The fraction of sp³-hybridized carbons (Fsp3) is 0.643. The molecule has 0 saturated carbocycles. The van der Waals surface area contributed by atoms with Crippen molar-refractivity contribution in [3.05, 3.63) is 21.3 Å².